The van der Waals surface area contributed by atoms with E-state index in [1.807, 2.05) is 68.3 Å². The molecule has 4 heterocycles. The van der Waals surface area contributed by atoms with E-state index in [0.29, 0.717) is 41.3 Å². The van der Waals surface area contributed by atoms with Gasteiger partial charge in [-0.2, -0.15) is 5.10 Å². The fourth-order valence-corrected chi connectivity index (χ4v) is 8.94. The van der Waals surface area contributed by atoms with Crippen molar-refractivity contribution in [3.05, 3.63) is 101 Å². The number of β-amino-alcohol motifs (C(OH)–C–C–N with tert-alkyl or cyclic N) is 1. The number of hydrogen-bond acceptors (Lipinski definition) is 12. The number of phenols is 1. The first-order valence-corrected chi connectivity index (χ1v) is 21.8. The molecular weight excluding hydrogens is 793 g/mol. The molecule has 0 unspecified atom stereocenters. The lowest BCUT2D eigenvalue weighted by molar-refractivity contribution is -0.144. The second-order valence-electron chi connectivity index (χ2n) is 17.3. The molecule has 3 amide bonds. The molecule has 2 aromatic heterocycles. The number of nitrogens with one attached hydrogen (secondary N) is 2. The number of piperidine rings is 1. The first kappa shape index (κ1) is 44.8. The number of thiazole rings is 1. The number of allylic oxidation sites excluding steroid dienone is 2. The van der Waals surface area contributed by atoms with Gasteiger partial charge in [-0.05, 0) is 79.9 Å². The van der Waals surface area contributed by atoms with Gasteiger partial charge < -0.3 is 47.8 Å². The number of aromatic nitrogens is 3. The Labute approximate surface area is 361 Å². The fourth-order valence-electron chi connectivity index (χ4n) is 8.13. The highest BCUT2D eigenvalue weighted by Crippen LogP contribution is 2.30. The lowest BCUT2D eigenvalue weighted by Crippen LogP contribution is -2.57. The Hall–Kier alpha value is -5.71. The Morgan fingerprint density at radius 3 is 2.51 bits per heavy atom. The first-order chi connectivity index (χ1) is 29.1. The molecule has 2 aliphatic rings. The molecule has 16 heteroatoms. The smallest absolute Gasteiger partial charge is 0.246 e. The summed E-state index contributed by atoms with van der Waals surface area (Å²) in [5, 5.41) is 31.4. The Bertz CT molecular complexity index is 2220. The maximum absolute atomic E-state index is 14.1. The number of nitrogens with two attached hydrogens (primary N) is 3. The van der Waals surface area contributed by atoms with Crippen molar-refractivity contribution in [2.45, 2.75) is 91.1 Å². The van der Waals surface area contributed by atoms with Gasteiger partial charge in [0.15, 0.2) is 0 Å². The van der Waals surface area contributed by atoms with E-state index >= 15 is 0 Å². The van der Waals surface area contributed by atoms with Gasteiger partial charge in [0, 0.05) is 67.6 Å². The highest BCUT2D eigenvalue weighted by molar-refractivity contribution is 7.13. The molecule has 0 aliphatic carbocycles. The van der Waals surface area contributed by atoms with Crippen molar-refractivity contribution in [3.63, 3.8) is 0 Å². The van der Waals surface area contributed by atoms with Crippen LogP contribution in [0, 0.1) is 18.3 Å². The van der Waals surface area contributed by atoms with Crippen LogP contribution < -0.4 is 27.8 Å². The monoisotopic (exact) mass is 852 g/mol. The minimum atomic E-state index is -0.885. The van der Waals surface area contributed by atoms with E-state index in [-0.39, 0.29) is 55.2 Å². The second-order valence-corrected chi connectivity index (χ2v) is 18.1. The van der Waals surface area contributed by atoms with Gasteiger partial charge in [0.25, 0.3) is 0 Å². The van der Waals surface area contributed by atoms with Crippen molar-refractivity contribution < 1.29 is 24.6 Å². The molecule has 0 spiro atoms. The molecule has 10 N–H and O–H groups in total. The van der Waals surface area contributed by atoms with Gasteiger partial charge in [0.2, 0.25) is 17.7 Å². The highest BCUT2D eigenvalue weighted by atomic mass is 32.1. The molecule has 2 aromatic carbocycles. The summed E-state index contributed by atoms with van der Waals surface area (Å²) in [7, 11) is 0. The number of aliphatic hydroxyl groups excluding tert-OH is 1. The summed E-state index contributed by atoms with van der Waals surface area (Å²) in [5.74, 6) is -0.478. The fraction of sp³-hybridized carbons (Fsp3) is 0.444. The van der Waals surface area contributed by atoms with Crippen molar-refractivity contribution >= 4 is 40.3 Å². The summed E-state index contributed by atoms with van der Waals surface area (Å²) >= 11 is 1.58. The molecule has 326 valence electrons. The van der Waals surface area contributed by atoms with Crippen LogP contribution in [0.1, 0.15) is 75.3 Å². The van der Waals surface area contributed by atoms with Crippen molar-refractivity contribution in [2.24, 2.45) is 28.5 Å². The van der Waals surface area contributed by atoms with E-state index in [2.05, 4.69) is 25.6 Å². The van der Waals surface area contributed by atoms with Crippen LogP contribution in [0.5, 0.6) is 5.75 Å². The minimum absolute atomic E-state index is 0.0164. The molecule has 4 atom stereocenters. The van der Waals surface area contributed by atoms with Crippen LogP contribution in [0.4, 0.5) is 0 Å². The predicted molar refractivity (Wildman–Crippen MR) is 238 cm³/mol. The van der Waals surface area contributed by atoms with Crippen LogP contribution in [0.3, 0.4) is 0 Å². The zero-order valence-electron chi connectivity index (χ0n) is 35.5. The van der Waals surface area contributed by atoms with Crippen molar-refractivity contribution in [3.8, 4) is 16.2 Å². The standard InChI is InChI=1S/C45H60N10O5S/c1-28-40(61-27-50-28)31-15-13-29(14-16-31)21-49-43(59)37-19-33(56)26-55(37)44(60)41(45(2,3)4)52-39(58)12-8-18-53-17-7-9-30(23-53)24-54-25-32(22-51-54)35(42(47)48)20-36(46)34-10-5-6-11-38(34)57/h5-6,10-11,13-16,20,22,25,27,30,33,37,41,56-57H,7-9,12,17-19,21,23-24,26,46-48H2,1-4H3,(H,49,59)(H,52,58)/b36-20-/t30-,33-,37+,41-/m1/s1. The second kappa shape index (κ2) is 19.8. The van der Waals surface area contributed by atoms with Crippen LogP contribution in [-0.2, 0) is 27.5 Å². The number of amides is 3. The zero-order chi connectivity index (χ0) is 43.8. The van der Waals surface area contributed by atoms with E-state index in [1.165, 1.54) is 4.90 Å². The Balaban J connectivity index is 0.983. The quantitative estimate of drug-likeness (QED) is 0.0848. The van der Waals surface area contributed by atoms with Gasteiger partial charge in [-0.25, -0.2) is 4.98 Å². The van der Waals surface area contributed by atoms with Gasteiger partial charge in [-0.3, -0.25) is 19.1 Å². The molecule has 2 fully saturated rings. The molecule has 0 bridgehead atoms. The average molecular weight is 853 g/mol. The number of aromatic hydroxyl groups is 1. The van der Waals surface area contributed by atoms with E-state index in [0.717, 1.165) is 54.2 Å². The third-order valence-electron chi connectivity index (χ3n) is 11.4. The Morgan fingerprint density at radius 2 is 1.82 bits per heavy atom. The van der Waals surface area contributed by atoms with Crippen LogP contribution >= 0.6 is 11.3 Å². The number of aryl methyl sites for hydroxylation is 1. The van der Waals surface area contributed by atoms with Crippen LogP contribution in [0.2, 0.25) is 0 Å². The summed E-state index contributed by atoms with van der Waals surface area (Å²) in [6.45, 7) is 11.1. The van der Waals surface area contributed by atoms with Gasteiger partial charge in [-0.1, -0.05) is 57.2 Å². The third kappa shape index (κ3) is 11.6. The first-order valence-electron chi connectivity index (χ1n) is 20.9. The van der Waals surface area contributed by atoms with Gasteiger partial charge in [0.1, 0.15) is 23.7 Å². The van der Waals surface area contributed by atoms with E-state index < -0.39 is 23.6 Å². The Morgan fingerprint density at radius 1 is 1.07 bits per heavy atom. The number of hydrogen-bond donors (Lipinski definition) is 7. The predicted octanol–water partition coefficient (Wildman–Crippen LogP) is 3.91. The lowest BCUT2D eigenvalue weighted by atomic mass is 9.85. The molecule has 0 saturated carbocycles. The average Bonchev–Trinajstić information content (AvgIpc) is 3.97. The number of carbonyl (C=O) groups is 3. The molecular formula is C45H60N10O5S. The lowest BCUT2D eigenvalue weighted by Gasteiger charge is -2.35. The van der Waals surface area contributed by atoms with Crippen molar-refractivity contribution in [2.75, 3.05) is 26.2 Å². The number of carbonyl (C=O) groups excluding carboxylic acids is 3. The zero-order valence-corrected chi connectivity index (χ0v) is 36.3. The highest BCUT2D eigenvalue weighted by Gasteiger charge is 2.44. The normalized spacial score (nSPS) is 19.1. The molecule has 2 aliphatic heterocycles. The number of para-hydroxylation sites is 1. The number of aliphatic hydroxyl groups is 1. The summed E-state index contributed by atoms with van der Waals surface area (Å²) in [6.07, 6.45) is 7.42. The molecule has 4 aromatic rings. The van der Waals surface area contributed by atoms with E-state index in [9.17, 15) is 24.6 Å². The minimum Gasteiger partial charge on any atom is -0.507 e. The molecule has 6 rings (SSSR count). The molecule has 61 heavy (non-hydrogen) atoms. The number of likely N-dealkylation sites (tertiary alicyclic amines) is 2. The van der Waals surface area contributed by atoms with Gasteiger partial charge >= 0.3 is 0 Å². The number of benzene rings is 2. The SMILES string of the molecule is Cc1ncsc1-c1ccc(CNC(=O)[C@@H]2C[C@@H](O)CN2C(=O)[C@@H](NC(=O)CCCN2CCC[C@@H](Cn3cc(C(/C=C(\N)c4ccccc4O)=C(N)N)cn3)C2)C(C)(C)C)cc1. The summed E-state index contributed by atoms with van der Waals surface area (Å²) < 4.78 is 1.88. The van der Waals surface area contributed by atoms with Crippen molar-refractivity contribution in [1.29, 1.82) is 0 Å². The Kier molecular flexibility index (Phi) is 14.5. The molecule has 2 saturated heterocycles. The summed E-state index contributed by atoms with van der Waals surface area (Å²) in [4.78, 5) is 50.2. The van der Waals surface area contributed by atoms with Crippen LogP contribution in [-0.4, -0.2) is 96.9 Å². The molecule has 0 radical (unpaired) electrons. The number of nitrogens with zero attached hydrogens (tertiary/aromatic N) is 5. The number of rotatable bonds is 15. The maximum atomic E-state index is 14.1. The van der Waals surface area contributed by atoms with Crippen LogP contribution in [0.15, 0.2) is 78.3 Å². The van der Waals surface area contributed by atoms with Crippen molar-refractivity contribution in [1.82, 2.24) is 35.2 Å². The van der Waals surface area contributed by atoms with Gasteiger partial charge in [0.05, 0.1) is 28.4 Å². The third-order valence-corrected chi connectivity index (χ3v) is 12.4. The topological polar surface area (TPSA) is 231 Å². The number of phenolic OH excluding ortho intramolecular Hbond substituents is 1. The summed E-state index contributed by atoms with van der Waals surface area (Å²) in [6, 6.07) is 13.0. The molecule has 15 nitrogen and oxygen atoms in total. The maximum Gasteiger partial charge on any atom is 0.246 e. The van der Waals surface area contributed by atoms with Gasteiger partial charge in [-0.15, -0.1) is 11.3 Å². The largest absolute Gasteiger partial charge is 0.507 e. The van der Waals surface area contributed by atoms with Crippen LogP contribution in [0.25, 0.3) is 21.7 Å². The summed E-state index contributed by atoms with van der Waals surface area (Å²) in [5.41, 5.74) is 24.5. The van der Waals surface area contributed by atoms with E-state index in [4.69, 9.17) is 17.2 Å². The van der Waals surface area contributed by atoms with E-state index in [1.54, 1.807) is 47.9 Å².